The van der Waals surface area contributed by atoms with Crippen LogP contribution in [0.1, 0.15) is 42.9 Å². The molecule has 1 saturated carbocycles. The van der Waals surface area contributed by atoms with E-state index in [4.69, 9.17) is 16.3 Å². The number of aliphatic hydroxyl groups is 1. The average Bonchev–Trinajstić information content (AvgIpc) is 3.15. The van der Waals surface area contributed by atoms with Crippen LogP contribution < -0.4 is 4.74 Å². The molecule has 2 bridgehead atoms. The third-order valence-electron chi connectivity index (χ3n) is 5.77. The summed E-state index contributed by atoms with van der Waals surface area (Å²) in [7, 11) is 0. The smallest absolute Gasteiger partial charge is 0.417 e. The van der Waals surface area contributed by atoms with Crippen molar-refractivity contribution in [1.29, 1.82) is 0 Å². The van der Waals surface area contributed by atoms with Crippen molar-refractivity contribution in [2.24, 2.45) is 11.8 Å². The number of allylic oxidation sites excluding steroid dienone is 2. The van der Waals surface area contributed by atoms with Crippen molar-refractivity contribution in [2.45, 2.75) is 38.8 Å². The minimum Gasteiger partial charge on any atom is -0.511 e. The number of rotatable bonds is 4. The van der Waals surface area contributed by atoms with Gasteiger partial charge in [-0.2, -0.15) is 13.2 Å². The first-order chi connectivity index (χ1) is 14.2. The molecule has 8 heteroatoms. The van der Waals surface area contributed by atoms with Gasteiger partial charge in [0, 0.05) is 18.0 Å². The number of hydrogen-bond acceptors (Lipinski definition) is 4. The third-order valence-corrected chi connectivity index (χ3v) is 6.04. The maximum absolute atomic E-state index is 12.9. The number of nitrogens with zero attached hydrogens (tertiary/aromatic N) is 1. The van der Waals surface area contributed by atoms with E-state index in [0.717, 1.165) is 24.5 Å². The molecule has 1 fully saturated rings. The normalized spacial score (nSPS) is 21.3. The number of carbonyl (C=O) groups excluding carboxylic acids is 1. The summed E-state index contributed by atoms with van der Waals surface area (Å²) in [5.74, 6) is 0.0461. The van der Waals surface area contributed by atoms with Crippen LogP contribution in [0.3, 0.4) is 0 Å². The van der Waals surface area contributed by atoms with Crippen LogP contribution in [0.2, 0.25) is 5.02 Å². The minimum atomic E-state index is -4.56. The lowest BCUT2D eigenvalue weighted by molar-refractivity contribution is -0.137. The molecule has 158 valence electrons. The second-order valence-electron chi connectivity index (χ2n) is 7.61. The summed E-state index contributed by atoms with van der Waals surface area (Å²) in [6, 6.07) is 5.77. The summed E-state index contributed by atoms with van der Waals surface area (Å²) in [6.45, 7) is 1.94. The highest BCUT2D eigenvalue weighted by Crippen LogP contribution is 2.46. The van der Waals surface area contributed by atoms with Crippen LogP contribution in [0, 0.1) is 11.8 Å². The molecule has 2 aliphatic carbocycles. The molecule has 1 heterocycles. The number of hydrogen-bond donors (Lipinski definition) is 1. The fraction of sp³-hybridized carbons (Fsp3) is 0.364. The number of benzene rings is 1. The number of carbonyl (C=O) groups is 1. The standard InChI is InChI=1S/C22H19ClF3NO3/c1-2-11-5-6-15(30-21-17(23)8-14(10-27-21)22(24,25)26)9-16(11)18-19(28)12-3-4-13(7-12)20(18)29/h5-6,8-10,12-13,28H,2-4,7H2,1H3/t12-,13+/m0/s1. The summed E-state index contributed by atoms with van der Waals surface area (Å²) < 4.78 is 44.1. The first kappa shape index (κ1) is 20.7. The van der Waals surface area contributed by atoms with Gasteiger partial charge in [-0.1, -0.05) is 24.6 Å². The zero-order valence-electron chi connectivity index (χ0n) is 16.1. The van der Waals surface area contributed by atoms with Crippen molar-refractivity contribution in [2.75, 3.05) is 0 Å². The molecule has 2 atom stereocenters. The van der Waals surface area contributed by atoms with E-state index in [-0.39, 0.29) is 40.0 Å². The largest absolute Gasteiger partial charge is 0.511 e. The topological polar surface area (TPSA) is 59.4 Å². The quantitative estimate of drug-likeness (QED) is 0.603. The average molecular weight is 438 g/mol. The van der Waals surface area contributed by atoms with Gasteiger partial charge in [0.05, 0.1) is 11.1 Å². The highest BCUT2D eigenvalue weighted by atomic mass is 35.5. The van der Waals surface area contributed by atoms with E-state index in [1.54, 1.807) is 18.2 Å². The zero-order valence-corrected chi connectivity index (χ0v) is 16.8. The molecule has 2 aromatic rings. The lowest BCUT2D eigenvalue weighted by Gasteiger charge is -2.23. The molecule has 4 nitrogen and oxygen atoms in total. The molecule has 1 N–H and O–H groups in total. The highest BCUT2D eigenvalue weighted by Gasteiger charge is 2.41. The van der Waals surface area contributed by atoms with Crippen LogP contribution in [0.15, 0.2) is 36.2 Å². The number of aromatic nitrogens is 1. The number of aryl methyl sites for hydroxylation is 1. The van der Waals surface area contributed by atoms with E-state index in [0.29, 0.717) is 30.2 Å². The number of Topliss-reactive ketones (excluding diaryl/α,β-unsaturated/α-hetero) is 1. The third kappa shape index (κ3) is 3.67. The van der Waals surface area contributed by atoms with E-state index in [1.807, 2.05) is 6.92 Å². The molecule has 2 aliphatic rings. The number of pyridine rings is 1. The fourth-order valence-electron chi connectivity index (χ4n) is 4.20. The highest BCUT2D eigenvalue weighted by molar-refractivity contribution is 6.31. The van der Waals surface area contributed by atoms with Crippen LogP contribution in [-0.2, 0) is 17.4 Å². The SMILES string of the molecule is CCc1ccc(Oc2ncc(C(F)(F)F)cc2Cl)cc1C1=C(O)[C@H]2CC[C@H](C2)C1=O. The van der Waals surface area contributed by atoms with Gasteiger partial charge >= 0.3 is 6.18 Å². The summed E-state index contributed by atoms with van der Waals surface area (Å²) >= 11 is 5.93. The van der Waals surface area contributed by atoms with Crippen molar-refractivity contribution in [3.05, 3.63) is 57.9 Å². The minimum absolute atomic E-state index is 0.0111. The Kier molecular flexibility index (Phi) is 5.26. The monoisotopic (exact) mass is 437 g/mol. The molecule has 0 spiro atoms. The summed E-state index contributed by atoms with van der Waals surface area (Å²) in [6.07, 6.45) is -1.05. The van der Waals surface area contributed by atoms with Gasteiger partial charge < -0.3 is 9.84 Å². The Balaban J connectivity index is 1.71. The molecule has 0 amide bonds. The van der Waals surface area contributed by atoms with E-state index >= 15 is 0 Å². The maximum Gasteiger partial charge on any atom is 0.417 e. The van der Waals surface area contributed by atoms with Gasteiger partial charge in [0.2, 0.25) is 5.88 Å². The predicted octanol–water partition coefficient (Wildman–Crippen LogP) is 6.38. The molecule has 1 aromatic carbocycles. The van der Waals surface area contributed by atoms with Crippen molar-refractivity contribution in [3.8, 4) is 11.6 Å². The number of halogens is 4. The number of fused-ring (bicyclic) bond motifs is 2. The van der Waals surface area contributed by atoms with Crippen molar-refractivity contribution >= 4 is 23.0 Å². The van der Waals surface area contributed by atoms with Crippen molar-refractivity contribution in [3.63, 3.8) is 0 Å². The van der Waals surface area contributed by atoms with Gasteiger partial charge in [-0.05, 0) is 55.0 Å². The molecular weight excluding hydrogens is 419 g/mol. The lowest BCUT2D eigenvalue weighted by Crippen LogP contribution is -2.22. The molecule has 0 aliphatic heterocycles. The van der Waals surface area contributed by atoms with E-state index in [1.165, 1.54) is 0 Å². The van der Waals surface area contributed by atoms with Gasteiger partial charge in [-0.25, -0.2) is 4.98 Å². The molecule has 30 heavy (non-hydrogen) atoms. The zero-order chi connectivity index (χ0) is 21.6. The Morgan fingerprint density at radius 1 is 1.23 bits per heavy atom. The number of ether oxygens (including phenoxy) is 1. The summed E-state index contributed by atoms with van der Waals surface area (Å²) in [5.41, 5.74) is 0.796. The second kappa shape index (κ2) is 7.61. The van der Waals surface area contributed by atoms with Gasteiger partial charge in [0.25, 0.3) is 0 Å². The molecule has 0 radical (unpaired) electrons. The number of alkyl halides is 3. The van der Waals surface area contributed by atoms with Gasteiger partial charge in [-0.15, -0.1) is 0 Å². The molecular formula is C22H19ClF3NO3. The second-order valence-corrected chi connectivity index (χ2v) is 8.02. The van der Waals surface area contributed by atoms with Crippen LogP contribution in [-0.4, -0.2) is 15.9 Å². The lowest BCUT2D eigenvalue weighted by atomic mass is 9.81. The fourth-order valence-corrected chi connectivity index (χ4v) is 4.41. The first-order valence-electron chi connectivity index (χ1n) is 9.70. The Bertz CT molecular complexity index is 1050. The Hall–Kier alpha value is -2.54. The summed E-state index contributed by atoms with van der Waals surface area (Å²) in [5, 5.41) is 10.4. The van der Waals surface area contributed by atoms with Crippen LogP contribution in [0.5, 0.6) is 11.6 Å². The first-order valence-corrected chi connectivity index (χ1v) is 10.1. The molecule has 0 saturated heterocycles. The van der Waals surface area contributed by atoms with Crippen LogP contribution in [0.4, 0.5) is 13.2 Å². The Morgan fingerprint density at radius 3 is 2.63 bits per heavy atom. The predicted molar refractivity (Wildman–Crippen MR) is 106 cm³/mol. The number of aliphatic hydroxyl groups excluding tert-OH is 1. The molecule has 1 aromatic heterocycles. The van der Waals surface area contributed by atoms with Gasteiger partial charge in [0.15, 0.2) is 5.78 Å². The van der Waals surface area contributed by atoms with Gasteiger partial charge in [-0.3, -0.25) is 4.79 Å². The Morgan fingerprint density at radius 2 is 1.97 bits per heavy atom. The van der Waals surface area contributed by atoms with Gasteiger partial charge in [0.1, 0.15) is 16.5 Å². The van der Waals surface area contributed by atoms with Crippen molar-refractivity contribution < 1.29 is 27.8 Å². The molecule has 0 unspecified atom stereocenters. The Labute approximate surface area is 176 Å². The van der Waals surface area contributed by atoms with Crippen LogP contribution in [0.25, 0.3) is 5.57 Å². The van der Waals surface area contributed by atoms with E-state index in [2.05, 4.69) is 4.98 Å². The van der Waals surface area contributed by atoms with E-state index < -0.39 is 11.7 Å². The van der Waals surface area contributed by atoms with E-state index in [9.17, 15) is 23.1 Å². The molecule has 4 rings (SSSR count). The van der Waals surface area contributed by atoms with Crippen molar-refractivity contribution in [1.82, 2.24) is 4.98 Å². The number of ketones is 1. The summed E-state index contributed by atoms with van der Waals surface area (Å²) in [4.78, 5) is 16.6. The maximum atomic E-state index is 12.9. The van der Waals surface area contributed by atoms with Crippen LogP contribution >= 0.6 is 11.6 Å².